The third-order valence-corrected chi connectivity index (χ3v) is 3.11. The van der Waals surface area contributed by atoms with Gasteiger partial charge in [0.2, 0.25) is 0 Å². The van der Waals surface area contributed by atoms with E-state index in [0.717, 1.165) is 21.6 Å². The molecule has 0 aliphatic heterocycles. The van der Waals surface area contributed by atoms with Gasteiger partial charge in [-0.25, -0.2) is 0 Å². The minimum absolute atomic E-state index is 0.391. The molecule has 0 aromatic carbocycles. The summed E-state index contributed by atoms with van der Waals surface area (Å²) in [6.45, 7) is 0. The van der Waals surface area contributed by atoms with Crippen LogP contribution in [0.25, 0.3) is 0 Å². The van der Waals surface area contributed by atoms with E-state index in [0.29, 0.717) is 5.54 Å². The molecule has 2 aromatic heterocycles. The molecule has 2 aromatic rings. The lowest BCUT2D eigenvalue weighted by Crippen LogP contribution is -2.01. The highest BCUT2D eigenvalue weighted by Gasteiger charge is 2.11. The molecule has 0 atom stereocenters. The summed E-state index contributed by atoms with van der Waals surface area (Å²) in [7, 11) is 1.03. The summed E-state index contributed by atoms with van der Waals surface area (Å²) in [5, 5.41) is 13.9. The molecule has 0 aliphatic carbocycles. The van der Waals surface area contributed by atoms with Crippen LogP contribution in [0.2, 0.25) is 0 Å². The summed E-state index contributed by atoms with van der Waals surface area (Å²) in [6.07, 6.45) is 3.68. The third-order valence-electron chi connectivity index (χ3n) is 1.93. The molecule has 2 rings (SSSR count). The fraction of sp³-hybridized carbons (Fsp3) is 0.143. The lowest BCUT2D eigenvalue weighted by atomic mass is 10.2. The van der Waals surface area contributed by atoms with Gasteiger partial charge in [0.05, 0.1) is 11.4 Å². The van der Waals surface area contributed by atoms with Crippen LogP contribution in [0, 0.1) is 0 Å². The highest BCUT2D eigenvalue weighted by Crippen LogP contribution is 2.15. The van der Waals surface area contributed by atoms with E-state index in [1.54, 1.807) is 0 Å². The second-order valence-electron chi connectivity index (χ2n) is 2.72. The zero-order valence-electron chi connectivity index (χ0n) is 6.78. The number of hydrogen-bond acceptors (Lipinski definition) is 2. The molecule has 4 nitrogen and oxygen atoms in total. The predicted molar refractivity (Wildman–Crippen MR) is 49.0 cm³/mol. The standard InChI is InChI=1S/C7H10N4Si/c12-7(5-1-3-8-10-5)6-2-4-9-11-6/h1-4,7H,12H3,(H,8,10)(H,9,11). The second-order valence-corrected chi connectivity index (χ2v) is 3.87. The van der Waals surface area contributed by atoms with Crippen molar-refractivity contribution in [3.8, 4) is 0 Å². The van der Waals surface area contributed by atoms with E-state index in [1.807, 2.05) is 24.5 Å². The molecule has 0 saturated heterocycles. The third kappa shape index (κ3) is 1.18. The van der Waals surface area contributed by atoms with E-state index in [-0.39, 0.29) is 0 Å². The van der Waals surface area contributed by atoms with Crippen LogP contribution in [0.4, 0.5) is 0 Å². The Morgan fingerprint density at radius 2 is 1.58 bits per heavy atom. The van der Waals surface area contributed by atoms with E-state index in [9.17, 15) is 0 Å². The molecule has 0 spiro atoms. The average molecular weight is 178 g/mol. The quantitative estimate of drug-likeness (QED) is 0.614. The maximum Gasteiger partial charge on any atom is 0.0675 e. The van der Waals surface area contributed by atoms with E-state index in [2.05, 4.69) is 20.4 Å². The summed E-state index contributed by atoms with van der Waals surface area (Å²) in [6, 6.07) is 3.98. The normalized spacial score (nSPS) is 11.1. The summed E-state index contributed by atoms with van der Waals surface area (Å²) >= 11 is 0. The molecule has 0 saturated carbocycles. The minimum atomic E-state index is 0.391. The average Bonchev–Trinajstić information content (AvgIpc) is 2.77. The van der Waals surface area contributed by atoms with Gasteiger partial charge in [0.1, 0.15) is 0 Å². The van der Waals surface area contributed by atoms with Crippen LogP contribution in [0.1, 0.15) is 16.9 Å². The van der Waals surface area contributed by atoms with Gasteiger partial charge in [0.25, 0.3) is 0 Å². The maximum absolute atomic E-state index is 4.13. The van der Waals surface area contributed by atoms with Gasteiger partial charge in [0.15, 0.2) is 0 Å². The fourth-order valence-electron chi connectivity index (χ4n) is 1.18. The monoisotopic (exact) mass is 178 g/mol. The van der Waals surface area contributed by atoms with Gasteiger partial charge in [-0.1, -0.05) is 0 Å². The number of nitrogens with zero attached hydrogens (tertiary/aromatic N) is 2. The topological polar surface area (TPSA) is 57.4 Å². The molecule has 5 heteroatoms. The number of hydrogen-bond donors (Lipinski definition) is 2. The predicted octanol–water partition coefficient (Wildman–Crippen LogP) is -0.412. The zero-order valence-corrected chi connectivity index (χ0v) is 8.78. The van der Waals surface area contributed by atoms with Crippen LogP contribution in [0.5, 0.6) is 0 Å². The lowest BCUT2D eigenvalue weighted by Gasteiger charge is -2.02. The number of nitrogens with one attached hydrogen (secondary N) is 2. The van der Waals surface area contributed by atoms with Crippen molar-refractivity contribution >= 4 is 10.2 Å². The summed E-state index contributed by atoms with van der Waals surface area (Å²) in [5.74, 6) is 0. The highest BCUT2D eigenvalue weighted by atomic mass is 28.1. The van der Waals surface area contributed by atoms with Gasteiger partial charge in [-0.15, -0.1) is 0 Å². The van der Waals surface area contributed by atoms with Crippen molar-refractivity contribution in [2.75, 3.05) is 0 Å². The SMILES string of the molecule is [SiH3]C(c1cc[nH]n1)c1cc[nH]n1. The van der Waals surface area contributed by atoms with Crippen molar-refractivity contribution in [1.29, 1.82) is 0 Å². The van der Waals surface area contributed by atoms with Gasteiger partial charge in [0, 0.05) is 28.2 Å². The van der Waals surface area contributed by atoms with Crippen LogP contribution in [0.15, 0.2) is 24.5 Å². The largest absolute Gasteiger partial charge is 0.285 e. The number of aromatic amines is 2. The molecule has 62 valence electrons. The van der Waals surface area contributed by atoms with Gasteiger partial charge in [-0.05, 0) is 12.1 Å². The van der Waals surface area contributed by atoms with E-state index >= 15 is 0 Å². The smallest absolute Gasteiger partial charge is 0.0675 e. The minimum Gasteiger partial charge on any atom is -0.285 e. The molecule has 0 bridgehead atoms. The Balaban J connectivity index is 2.27. The van der Waals surface area contributed by atoms with Crippen LogP contribution in [-0.4, -0.2) is 30.6 Å². The molecule has 12 heavy (non-hydrogen) atoms. The Kier molecular flexibility index (Phi) is 1.79. The van der Waals surface area contributed by atoms with Gasteiger partial charge in [-0.3, -0.25) is 10.2 Å². The fourth-order valence-corrected chi connectivity index (χ4v) is 1.82. The first-order valence-corrected chi connectivity index (χ1v) is 5.03. The van der Waals surface area contributed by atoms with Crippen LogP contribution in [0.3, 0.4) is 0 Å². The first-order chi connectivity index (χ1) is 5.88. The number of H-pyrrole nitrogens is 2. The number of aromatic nitrogens is 4. The molecule has 0 unspecified atom stereocenters. The second kappa shape index (κ2) is 2.94. The molecule has 2 heterocycles. The Morgan fingerprint density at radius 3 is 1.92 bits per heavy atom. The Morgan fingerprint density at radius 1 is 1.08 bits per heavy atom. The molecular weight excluding hydrogens is 168 g/mol. The Labute approximate surface area is 72.8 Å². The lowest BCUT2D eigenvalue weighted by molar-refractivity contribution is 0.922. The maximum atomic E-state index is 4.13. The molecule has 0 amide bonds. The zero-order chi connectivity index (χ0) is 8.39. The Bertz CT molecular complexity index is 292. The molecule has 0 aliphatic rings. The van der Waals surface area contributed by atoms with Crippen molar-refractivity contribution in [2.45, 2.75) is 5.54 Å². The summed E-state index contributed by atoms with van der Waals surface area (Å²) in [5.41, 5.74) is 2.55. The van der Waals surface area contributed by atoms with Crippen LogP contribution >= 0.6 is 0 Å². The first-order valence-electron chi connectivity index (χ1n) is 3.87. The van der Waals surface area contributed by atoms with Crippen molar-refractivity contribution in [2.24, 2.45) is 0 Å². The molecule has 2 N–H and O–H groups in total. The number of rotatable bonds is 2. The van der Waals surface area contributed by atoms with Gasteiger partial charge < -0.3 is 0 Å². The molecule has 0 fully saturated rings. The van der Waals surface area contributed by atoms with E-state index in [4.69, 9.17) is 0 Å². The van der Waals surface area contributed by atoms with Crippen molar-refractivity contribution in [1.82, 2.24) is 20.4 Å². The highest BCUT2D eigenvalue weighted by molar-refractivity contribution is 6.14. The van der Waals surface area contributed by atoms with Crippen molar-refractivity contribution in [3.05, 3.63) is 35.9 Å². The van der Waals surface area contributed by atoms with E-state index in [1.165, 1.54) is 0 Å². The van der Waals surface area contributed by atoms with Gasteiger partial charge in [-0.2, -0.15) is 10.2 Å². The van der Waals surface area contributed by atoms with Crippen molar-refractivity contribution in [3.63, 3.8) is 0 Å². The summed E-state index contributed by atoms with van der Waals surface area (Å²) in [4.78, 5) is 0. The van der Waals surface area contributed by atoms with Crippen molar-refractivity contribution < 1.29 is 0 Å². The van der Waals surface area contributed by atoms with Gasteiger partial charge >= 0.3 is 0 Å². The first kappa shape index (κ1) is 7.29. The van der Waals surface area contributed by atoms with Crippen LogP contribution < -0.4 is 0 Å². The molecular formula is C7H10N4Si. The van der Waals surface area contributed by atoms with Crippen LogP contribution in [-0.2, 0) is 0 Å². The Hall–Kier alpha value is -1.36. The van der Waals surface area contributed by atoms with E-state index < -0.39 is 0 Å². The summed E-state index contributed by atoms with van der Waals surface area (Å²) < 4.78 is 0. The molecule has 0 radical (unpaired) electrons.